The lowest BCUT2D eigenvalue weighted by atomic mass is 10.3. The number of anilines is 1. The fraction of sp³-hybridized carbons (Fsp3) is 0.182. The number of nitrogens with zero attached hydrogens (tertiary/aromatic N) is 2. The Bertz CT molecular complexity index is 588. The van der Waals surface area contributed by atoms with E-state index in [9.17, 15) is 9.59 Å². The molecular weight excluding hydrogens is 206 g/mol. The largest absolute Gasteiger partial charge is 0.346 e. The molecule has 2 aromatic heterocycles. The number of aromatic nitrogens is 2. The molecule has 1 N–H and O–H groups in total. The number of carbonyl (C=O) groups is 2. The Morgan fingerprint density at radius 3 is 3.00 bits per heavy atom. The number of rotatable bonds is 1. The first-order valence-corrected chi connectivity index (χ1v) is 4.99. The summed E-state index contributed by atoms with van der Waals surface area (Å²) >= 11 is 0. The molecule has 1 fully saturated rings. The van der Waals surface area contributed by atoms with Crippen molar-refractivity contribution in [3.63, 3.8) is 0 Å². The molecule has 3 heterocycles. The van der Waals surface area contributed by atoms with Crippen LogP contribution in [0, 0.1) is 0 Å². The van der Waals surface area contributed by atoms with Crippen LogP contribution in [0.15, 0.2) is 24.5 Å². The fourth-order valence-corrected chi connectivity index (χ4v) is 1.90. The van der Waals surface area contributed by atoms with E-state index in [1.807, 2.05) is 12.1 Å². The molecule has 1 amide bonds. The van der Waals surface area contributed by atoms with Crippen LogP contribution in [0.3, 0.4) is 0 Å². The molecule has 2 aromatic rings. The van der Waals surface area contributed by atoms with Crippen molar-refractivity contribution in [1.82, 2.24) is 9.97 Å². The molecule has 0 bridgehead atoms. The number of ketones is 1. The molecule has 1 aliphatic rings. The van der Waals surface area contributed by atoms with Gasteiger partial charge in [0.1, 0.15) is 5.65 Å². The van der Waals surface area contributed by atoms with Gasteiger partial charge in [0.15, 0.2) is 5.78 Å². The van der Waals surface area contributed by atoms with Gasteiger partial charge in [-0.2, -0.15) is 0 Å². The van der Waals surface area contributed by atoms with Crippen LogP contribution in [0.5, 0.6) is 0 Å². The average molecular weight is 215 g/mol. The van der Waals surface area contributed by atoms with E-state index in [0.29, 0.717) is 5.69 Å². The third kappa shape index (κ3) is 1.29. The van der Waals surface area contributed by atoms with Crippen molar-refractivity contribution in [1.29, 1.82) is 0 Å². The second kappa shape index (κ2) is 3.16. The molecule has 0 unspecified atom stereocenters. The van der Waals surface area contributed by atoms with Crippen LogP contribution in [0.4, 0.5) is 5.69 Å². The summed E-state index contributed by atoms with van der Waals surface area (Å²) in [6.07, 6.45) is 3.40. The molecule has 0 atom stereocenters. The smallest absolute Gasteiger partial charge is 0.234 e. The Labute approximate surface area is 91.1 Å². The summed E-state index contributed by atoms with van der Waals surface area (Å²) in [7, 11) is 0. The van der Waals surface area contributed by atoms with Crippen LogP contribution in [-0.4, -0.2) is 28.2 Å². The summed E-state index contributed by atoms with van der Waals surface area (Å²) in [6, 6.07) is 3.74. The van der Waals surface area contributed by atoms with E-state index in [1.165, 1.54) is 4.90 Å². The molecule has 1 aliphatic heterocycles. The predicted molar refractivity (Wildman–Crippen MR) is 58.1 cm³/mol. The molecule has 1 saturated heterocycles. The summed E-state index contributed by atoms with van der Waals surface area (Å²) < 4.78 is 0. The van der Waals surface area contributed by atoms with Gasteiger partial charge in [0.25, 0.3) is 0 Å². The maximum Gasteiger partial charge on any atom is 0.234 e. The first-order valence-electron chi connectivity index (χ1n) is 4.99. The maximum absolute atomic E-state index is 11.5. The Morgan fingerprint density at radius 2 is 2.25 bits per heavy atom. The highest BCUT2D eigenvalue weighted by molar-refractivity contribution is 6.15. The zero-order valence-electron chi connectivity index (χ0n) is 8.43. The van der Waals surface area contributed by atoms with Gasteiger partial charge in [-0.15, -0.1) is 0 Å². The number of Topliss-reactive ketones (excluding diaryl/α,β-unsaturated/α-hetero) is 1. The molecule has 5 heteroatoms. The Kier molecular flexibility index (Phi) is 1.80. The topological polar surface area (TPSA) is 66.1 Å². The monoisotopic (exact) mass is 215 g/mol. The zero-order valence-corrected chi connectivity index (χ0v) is 8.43. The minimum Gasteiger partial charge on any atom is -0.346 e. The molecule has 16 heavy (non-hydrogen) atoms. The fourth-order valence-electron chi connectivity index (χ4n) is 1.90. The van der Waals surface area contributed by atoms with Gasteiger partial charge in [0, 0.05) is 11.6 Å². The van der Waals surface area contributed by atoms with Gasteiger partial charge in [0.2, 0.25) is 5.91 Å². The number of pyridine rings is 1. The number of nitrogens with one attached hydrogen (secondary N) is 1. The SMILES string of the molecule is O=C1CC(=O)N(c2cnc3[nH]ccc3c2)C1. The first kappa shape index (κ1) is 9.08. The Morgan fingerprint density at radius 1 is 1.38 bits per heavy atom. The Hall–Kier alpha value is -2.17. The van der Waals surface area contributed by atoms with Gasteiger partial charge >= 0.3 is 0 Å². The molecule has 0 aliphatic carbocycles. The van der Waals surface area contributed by atoms with E-state index in [-0.39, 0.29) is 24.7 Å². The lowest BCUT2D eigenvalue weighted by molar-refractivity contribution is -0.121. The first-order chi connectivity index (χ1) is 7.74. The van der Waals surface area contributed by atoms with E-state index >= 15 is 0 Å². The number of fused-ring (bicyclic) bond motifs is 1. The van der Waals surface area contributed by atoms with Gasteiger partial charge < -0.3 is 9.88 Å². The second-order valence-corrected chi connectivity index (χ2v) is 3.80. The van der Waals surface area contributed by atoms with Crippen molar-refractivity contribution in [3.8, 4) is 0 Å². The van der Waals surface area contributed by atoms with Crippen molar-refractivity contribution in [3.05, 3.63) is 24.5 Å². The van der Waals surface area contributed by atoms with Crippen LogP contribution in [-0.2, 0) is 9.59 Å². The molecular formula is C11H9N3O2. The number of hydrogen-bond acceptors (Lipinski definition) is 3. The second-order valence-electron chi connectivity index (χ2n) is 3.80. The maximum atomic E-state index is 11.5. The van der Waals surface area contributed by atoms with Crippen LogP contribution < -0.4 is 4.90 Å². The molecule has 0 radical (unpaired) electrons. The van der Waals surface area contributed by atoms with Crippen molar-refractivity contribution < 1.29 is 9.59 Å². The third-order valence-corrected chi connectivity index (χ3v) is 2.68. The number of carbonyl (C=O) groups excluding carboxylic acids is 2. The highest BCUT2D eigenvalue weighted by Crippen LogP contribution is 2.22. The van der Waals surface area contributed by atoms with Crippen molar-refractivity contribution in [2.75, 3.05) is 11.4 Å². The number of hydrogen-bond donors (Lipinski definition) is 1. The number of amides is 1. The molecule has 0 spiro atoms. The summed E-state index contributed by atoms with van der Waals surface area (Å²) in [6.45, 7) is 0.163. The van der Waals surface area contributed by atoms with Crippen LogP contribution >= 0.6 is 0 Å². The normalized spacial score (nSPS) is 16.4. The van der Waals surface area contributed by atoms with Gasteiger partial charge in [-0.05, 0) is 12.1 Å². The van der Waals surface area contributed by atoms with E-state index < -0.39 is 0 Å². The van der Waals surface area contributed by atoms with Crippen LogP contribution in [0.25, 0.3) is 11.0 Å². The average Bonchev–Trinajstić information content (AvgIpc) is 2.83. The number of H-pyrrole nitrogens is 1. The van der Waals surface area contributed by atoms with Crippen molar-refractivity contribution >= 4 is 28.4 Å². The minimum absolute atomic E-state index is 0.00513. The van der Waals surface area contributed by atoms with Crippen molar-refractivity contribution in [2.45, 2.75) is 6.42 Å². The molecule has 0 aromatic carbocycles. The third-order valence-electron chi connectivity index (χ3n) is 2.68. The van der Waals surface area contributed by atoms with E-state index in [1.54, 1.807) is 12.4 Å². The van der Waals surface area contributed by atoms with Gasteiger partial charge in [-0.3, -0.25) is 9.59 Å². The van der Waals surface area contributed by atoms with E-state index in [0.717, 1.165) is 11.0 Å². The highest BCUT2D eigenvalue weighted by atomic mass is 16.2. The molecule has 5 nitrogen and oxygen atoms in total. The molecule has 80 valence electrons. The minimum atomic E-state index is -0.151. The Balaban J connectivity index is 2.05. The zero-order chi connectivity index (χ0) is 11.1. The highest BCUT2D eigenvalue weighted by Gasteiger charge is 2.28. The summed E-state index contributed by atoms with van der Waals surface area (Å²) in [4.78, 5) is 31.3. The summed E-state index contributed by atoms with van der Waals surface area (Å²) in [5.74, 6) is -0.194. The van der Waals surface area contributed by atoms with E-state index in [2.05, 4.69) is 9.97 Å². The molecule has 0 saturated carbocycles. The lowest BCUT2D eigenvalue weighted by Gasteiger charge is -2.13. The van der Waals surface area contributed by atoms with Crippen molar-refractivity contribution in [2.24, 2.45) is 0 Å². The standard InChI is InChI=1S/C11H9N3O2/c15-9-4-10(16)14(6-9)8-3-7-1-2-12-11(7)13-5-8/h1-3,5H,4,6H2,(H,12,13). The summed E-state index contributed by atoms with van der Waals surface area (Å²) in [5.41, 5.74) is 1.46. The summed E-state index contributed by atoms with van der Waals surface area (Å²) in [5, 5.41) is 0.935. The van der Waals surface area contributed by atoms with Gasteiger partial charge in [-0.25, -0.2) is 4.98 Å². The van der Waals surface area contributed by atoms with E-state index in [4.69, 9.17) is 0 Å². The molecule has 3 rings (SSSR count). The van der Waals surface area contributed by atoms with Crippen LogP contribution in [0.1, 0.15) is 6.42 Å². The van der Waals surface area contributed by atoms with Gasteiger partial charge in [0.05, 0.1) is 24.8 Å². The number of aromatic amines is 1. The van der Waals surface area contributed by atoms with Crippen LogP contribution in [0.2, 0.25) is 0 Å². The quantitative estimate of drug-likeness (QED) is 0.718. The lowest BCUT2D eigenvalue weighted by Crippen LogP contribution is -2.24. The predicted octanol–water partition coefficient (Wildman–Crippen LogP) is 0.869. The van der Waals surface area contributed by atoms with Gasteiger partial charge in [-0.1, -0.05) is 0 Å².